The molecule has 38 heavy (non-hydrogen) atoms. The maximum atomic E-state index is 9.70. The number of amides is 1. The Morgan fingerprint density at radius 2 is 1.76 bits per heavy atom. The summed E-state index contributed by atoms with van der Waals surface area (Å²) in [5.41, 5.74) is 2.44. The Kier molecular flexibility index (Phi) is 13.4. The molecule has 0 saturated heterocycles. The molecule has 2 N–H and O–H groups in total. The number of carbonyl (C=O) groups is 1. The number of pyridine rings is 1. The average Bonchev–Trinajstić information content (AvgIpc) is 2.95. The molecule has 8 nitrogen and oxygen atoms in total. The normalized spacial score (nSPS) is 9.84. The van der Waals surface area contributed by atoms with E-state index in [0.717, 1.165) is 40.9 Å². The molecule has 0 radical (unpaired) electrons. The first kappa shape index (κ1) is 30.3. The smallest absolute Gasteiger partial charge is 0.216 e. The number of nitrogens with zero attached hydrogens (tertiary/aromatic N) is 3. The summed E-state index contributed by atoms with van der Waals surface area (Å²) in [5, 5.41) is 7.06. The minimum Gasteiger partial charge on any atom is -0.493 e. The van der Waals surface area contributed by atoms with Crippen LogP contribution in [0.5, 0.6) is 11.5 Å². The fourth-order valence-electron chi connectivity index (χ4n) is 3.09. The third-order valence-electron chi connectivity index (χ3n) is 5.03. The van der Waals surface area contributed by atoms with Crippen LogP contribution < -0.4 is 20.1 Å². The number of carbonyl (C=O) groups excluding carboxylic acids is 1. The van der Waals surface area contributed by atoms with Crippen molar-refractivity contribution in [1.29, 1.82) is 0 Å². The minimum absolute atomic E-state index is 0.00463. The molecular formula is C29H36ClN5O3. The van der Waals surface area contributed by atoms with Crippen molar-refractivity contribution in [1.82, 2.24) is 20.3 Å². The molecular weight excluding hydrogens is 502 g/mol. The number of unbranched alkanes of at least 4 members (excludes halogenated alkanes) is 1. The van der Waals surface area contributed by atoms with E-state index in [2.05, 4.69) is 32.5 Å². The summed E-state index contributed by atoms with van der Waals surface area (Å²) in [4.78, 5) is 22.8. The highest BCUT2D eigenvalue weighted by molar-refractivity contribution is 6.32. The van der Waals surface area contributed by atoms with E-state index in [0.29, 0.717) is 29.8 Å². The Morgan fingerprint density at radius 3 is 2.42 bits per heavy atom. The number of rotatable bonds is 9. The van der Waals surface area contributed by atoms with E-state index in [-0.39, 0.29) is 5.91 Å². The fraction of sp³-hybridized carbons (Fsp3) is 0.310. The van der Waals surface area contributed by atoms with Gasteiger partial charge in [-0.1, -0.05) is 50.9 Å². The molecule has 0 aliphatic carbocycles. The van der Waals surface area contributed by atoms with Gasteiger partial charge in [0.15, 0.2) is 0 Å². The Bertz CT molecular complexity index is 1270. The molecule has 0 fully saturated rings. The number of halogens is 1. The van der Waals surface area contributed by atoms with Gasteiger partial charge < -0.3 is 20.1 Å². The Hall–Kier alpha value is -3.91. The number of hydrogen-bond acceptors (Lipinski definition) is 7. The molecule has 4 rings (SSSR count). The van der Waals surface area contributed by atoms with Crippen LogP contribution in [0.25, 0.3) is 10.9 Å². The molecule has 1 amide bonds. The van der Waals surface area contributed by atoms with Gasteiger partial charge in [0.2, 0.25) is 5.91 Å². The van der Waals surface area contributed by atoms with Gasteiger partial charge in [-0.3, -0.25) is 9.78 Å². The molecule has 0 bridgehead atoms. The highest BCUT2D eigenvalue weighted by Crippen LogP contribution is 2.34. The molecule has 0 atom stereocenters. The van der Waals surface area contributed by atoms with Crippen molar-refractivity contribution >= 4 is 39.9 Å². The minimum atomic E-state index is 0.00463. The third kappa shape index (κ3) is 9.52. The summed E-state index contributed by atoms with van der Waals surface area (Å²) < 4.78 is 11.8. The van der Waals surface area contributed by atoms with Crippen LogP contribution in [-0.2, 0) is 11.4 Å². The zero-order valence-corrected chi connectivity index (χ0v) is 23.4. The van der Waals surface area contributed by atoms with Crippen molar-refractivity contribution in [3.8, 4) is 11.5 Å². The maximum absolute atomic E-state index is 9.70. The predicted molar refractivity (Wildman–Crippen MR) is 154 cm³/mol. The molecule has 202 valence electrons. The van der Waals surface area contributed by atoms with E-state index < -0.39 is 0 Å². The SMILES string of the molecule is CC.CCCCOc1cccc2ncnc(Nc3ccc(OCc4ccccn4)c(Cl)c3)c12.CNC(C)=O. The summed E-state index contributed by atoms with van der Waals surface area (Å²) in [7, 11) is 1.60. The van der Waals surface area contributed by atoms with E-state index >= 15 is 0 Å². The Balaban J connectivity index is 0.000000651. The number of ether oxygens (including phenoxy) is 2. The van der Waals surface area contributed by atoms with Crippen molar-refractivity contribution in [3.63, 3.8) is 0 Å². The first-order valence-corrected chi connectivity index (χ1v) is 13.0. The molecule has 0 aliphatic rings. The topological polar surface area (TPSA) is 98.3 Å². The zero-order valence-electron chi connectivity index (χ0n) is 22.6. The van der Waals surface area contributed by atoms with Crippen molar-refractivity contribution < 1.29 is 14.3 Å². The van der Waals surface area contributed by atoms with Gasteiger partial charge in [-0.15, -0.1) is 0 Å². The van der Waals surface area contributed by atoms with Gasteiger partial charge in [-0.25, -0.2) is 9.97 Å². The van der Waals surface area contributed by atoms with Gasteiger partial charge in [0.05, 0.1) is 28.2 Å². The van der Waals surface area contributed by atoms with Gasteiger partial charge in [0.25, 0.3) is 0 Å². The lowest BCUT2D eigenvalue weighted by Crippen LogP contribution is -2.11. The van der Waals surface area contributed by atoms with Crippen LogP contribution in [0.2, 0.25) is 5.02 Å². The van der Waals surface area contributed by atoms with E-state index in [1.54, 1.807) is 13.2 Å². The van der Waals surface area contributed by atoms with Gasteiger partial charge in [-0.05, 0) is 48.9 Å². The first-order valence-electron chi connectivity index (χ1n) is 12.7. The molecule has 2 aromatic heterocycles. The van der Waals surface area contributed by atoms with Crippen LogP contribution in [0.4, 0.5) is 11.5 Å². The first-order chi connectivity index (χ1) is 18.5. The molecule has 2 aromatic carbocycles. The lowest BCUT2D eigenvalue weighted by Gasteiger charge is -2.14. The molecule has 0 aliphatic heterocycles. The molecule has 0 unspecified atom stereocenters. The average molecular weight is 538 g/mol. The van der Waals surface area contributed by atoms with Crippen LogP contribution in [0.15, 0.2) is 67.1 Å². The lowest BCUT2D eigenvalue weighted by molar-refractivity contribution is -0.118. The quantitative estimate of drug-likeness (QED) is 0.223. The number of aromatic nitrogens is 3. The summed E-state index contributed by atoms with van der Waals surface area (Å²) in [6.45, 7) is 8.61. The maximum Gasteiger partial charge on any atom is 0.216 e. The van der Waals surface area contributed by atoms with Crippen molar-refractivity contribution in [2.45, 2.75) is 47.1 Å². The van der Waals surface area contributed by atoms with E-state index in [1.165, 1.54) is 13.3 Å². The Labute approximate surface area is 229 Å². The number of hydrogen-bond donors (Lipinski definition) is 2. The molecule has 0 spiro atoms. The Morgan fingerprint density at radius 1 is 0.974 bits per heavy atom. The number of fused-ring (bicyclic) bond motifs is 1. The second-order valence-electron chi connectivity index (χ2n) is 7.76. The summed E-state index contributed by atoms with van der Waals surface area (Å²) in [6, 6.07) is 17.0. The van der Waals surface area contributed by atoms with Gasteiger partial charge in [-0.2, -0.15) is 0 Å². The summed E-state index contributed by atoms with van der Waals surface area (Å²) in [6.07, 6.45) is 5.33. The summed E-state index contributed by atoms with van der Waals surface area (Å²) >= 11 is 6.45. The lowest BCUT2D eigenvalue weighted by atomic mass is 10.2. The molecule has 9 heteroatoms. The molecule has 0 saturated carbocycles. The molecule has 2 heterocycles. The fourth-order valence-corrected chi connectivity index (χ4v) is 3.32. The monoisotopic (exact) mass is 537 g/mol. The number of nitrogens with one attached hydrogen (secondary N) is 2. The van der Waals surface area contributed by atoms with E-state index in [1.807, 2.05) is 68.4 Å². The van der Waals surface area contributed by atoms with Crippen molar-refractivity contribution in [3.05, 3.63) is 77.8 Å². The largest absolute Gasteiger partial charge is 0.493 e. The highest BCUT2D eigenvalue weighted by Gasteiger charge is 2.12. The second-order valence-corrected chi connectivity index (χ2v) is 8.17. The van der Waals surface area contributed by atoms with Crippen LogP contribution in [0.3, 0.4) is 0 Å². The van der Waals surface area contributed by atoms with Crippen molar-refractivity contribution in [2.75, 3.05) is 19.0 Å². The van der Waals surface area contributed by atoms with Crippen LogP contribution in [-0.4, -0.2) is 34.5 Å². The van der Waals surface area contributed by atoms with Gasteiger partial charge >= 0.3 is 0 Å². The van der Waals surface area contributed by atoms with E-state index in [4.69, 9.17) is 21.1 Å². The van der Waals surface area contributed by atoms with Crippen LogP contribution >= 0.6 is 11.6 Å². The summed E-state index contributed by atoms with van der Waals surface area (Å²) in [5.74, 6) is 2.02. The molecule has 4 aromatic rings. The van der Waals surface area contributed by atoms with Crippen LogP contribution in [0.1, 0.15) is 46.2 Å². The van der Waals surface area contributed by atoms with Crippen molar-refractivity contribution in [2.24, 2.45) is 0 Å². The number of anilines is 2. The predicted octanol–water partition coefficient (Wildman–Crippen LogP) is 6.96. The van der Waals surface area contributed by atoms with E-state index in [9.17, 15) is 4.79 Å². The zero-order chi connectivity index (χ0) is 27.8. The highest BCUT2D eigenvalue weighted by atomic mass is 35.5. The van der Waals surface area contributed by atoms with Crippen LogP contribution in [0, 0.1) is 0 Å². The number of benzene rings is 2. The second kappa shape index (κ2) is 16.8. The third-order valence-corrected chi connectivity index (χ3v) is 5.32. The standard InChI is InChI=1S/C24H23ClN4O2.C3H7NO.C2H6/c1-2-3-13-30-22-9-6-8-20-23(22)24(28-16-27-20)29-17-10-11-21(19(25)14-17)31-15-18-7-4-5-12-26-18;1-3(5)4-2;1-2/h4-12,14,16H,2-3,13,15H2,1H3,(H,27,28,29);1-2H3,(H,4,5);1-2H3. The van der Waals surface area contributed by atoms with Gasteiger partial charge in [0, 0.05) is 25.9 Å². The van der Waals surface area contributed by atoms with Gasteiger partial charge in [0.1, 0.15) is 30.3 Å².